The highest BCUT2D eigenvalue weighted by molar-refractivity contribution is 5.65. The van der Waals surface area contributed by atoms with Crippen LogP contribution < -0.4 is 11.1 Å². The lowest BCUT2D eigenvalue weighted by Crippen LogP contribution is -2.13. The monoisotopic (exact) mass is 460 g/mol. The third-order valence-electron chi connectivity index (χ3n) is 4.87. The van der Waals surface area contributed by atoms with Gasteiger partial charge >= 0.3 is 6.18 Å². The minimum Gasteiger partial charge on any atom is -0.396 e. The lowest BCUT2D eigenvalue weighted by Gasteiger charge is -2.11. The first-order valence-electron chi connectivity index (χ1n) is 9.73. The van der Waals surface area contributed by atoms with Crippen molar-refractivity contribution in [1.82, 2.24) is 9.72 Å². The number of benzene rings is 2. The largest absolute Gasteiger partial charge is 0.417 e. The first-order chi connectivity index (χ1) is 15.7. The van der Waals surface area contributed by atoms with Crippen molar-refractivity contribution in [3.8, 4) is 11.3 Å². The lowest BCUT2D eigenvalue weighted by molar-refractivity contribution is -0.137. The lowest BCUT2D eigenvalue weighted by atomic mass is 10.0. The van der Waals surface area contributed by atoms with Gasteiger partial charge in [0.25, 0.3) is 0 Å². The molecule has 4 rings (SSSR count). The zero-order chi connectivity index (χ0) is 23.6. The number of rotatable bonds is 5. The molecule has 2 aromatic carbocycles. The Kier molecular flexibility index (Phi) is 5.99. The van der Waals surface area contributed by atoms with E-state index in [2.05, 4.69) is 10.1 Å². The first-order valence-corrected chi connectivity index (χ1v) is 9.73. The van der Waals surface area contributed by atoms with Crippen LogP contribution in [0.15, 0.2) is 76.5 Å². The molecule has 0 aliphatic heterocycles. The minimum atomic E-state index is -4.75. The molecule has 0 saturated carbocycles. The molecule has 2 aromatic heterocycles. The molecule has 0 aliphatic rings. The molecule has 0 atom stereocenters. The predicted octanol–water partition coefficient (Wildman–Crippen LogP) is 5.17. The number of anilines is 1. The Morgan fingerprint density at radius 3 is 2.48 bits per heavy atom. The molecule has 0 amide bonds. The van der Waals surface area contributed by atoms with Crippen LogP contribution in [0, 0.1) is 11.6 Å². The molecule has 0 bridgehead atoms. The molecule has 0 aliphatic carbocycles. The summed E-state index contributed by atoms with van der Waals surface area (Å²) in [6.45, 7) is 0.192. The SMILES string of the molecule is Nc1cn(Cc2cc(-c3c(F)cccc3C(F)(F)F)no2)ccc1=NCc1ccccc1F. The van der Waals surface area contributed by atoms with Crippen molar-refractivity contribution in [3.05, 3.63) is 101 Å². The van der Waals surface area contributed by atoms with E-state index < -0.39 is 23.1 Å². The van der Waals surface area contributed by atoms with Crippen molar-refractivity contribution in [1.29, 1.82) is 0 Å². The molecule has 0 spiro atoms. The molecule has 33 heavy (non-hydrogen) atoms. The molecule has 2 N–H and O–H groups in total. The van der Waals surface area contributed by atoms with Crippen LogP contribution in [0.1, 0.15) is 16.9 Å². The third-order valence-corrected chi connectivity index (χ3v) is 4.87. The standard InChI is InChI=1S/C23H17F5N4O/c24-17-6-2-1-4-14(17)11-30-20-8-9-32(13-19(20)29)12-15-10-21(31-33-15)22-16(23(26,27)28)5-3-7-18(22)25/h1-10,13H,11-12,29H2. The average molecular weight is 460 g/mol. The Morgan fingerprint density at radius 2 is 1.76 bits per heavy atom. The summed E-state index contributed by atoms with van der Waals surface area (Å²) in [6, 6.07) is 11.8. The normalized spacial score (nSPS) is 12.3. The van der Waals surface area contributed by atoms with Gasteiger partial charge in [-0.25, -0.2) is 8.78 Å². The van der Waals surface area contributed by atoms with Crippen molar-refractivity contribution in [2.24, 2.45) is 4.99 Å². The molecule has 0 unspecified atom stereocenters. The van der Waals surface area contributed by atoms with E-state index in [0.29, 0.717) is 16.6 Å². The van der Waals surface area contributed by atoms with Gasteiger partial charge in [-0.1, -0.05) is 29.4 Å². The summed E-state index contributed by atoms with van der Waals surface area (Å²) in [5.74, 6) is -1.22. The fourth-order valence-corrected chi connectivity index (χ4v) is 3.30. The van der Waals surface area contributed by atoms with E-state index in [4.69, 9.17) is 10.3 Å². The topological polar surface area (TPSA) is 69.3 Å². The van der Waals surface area contributed by atoms with Crippen LogP contribution in [0.5, 0.6) is 0 Å². The van der Waals surface area contributed by atoms with E-state index in [9.17, 15) is 22.0 Å². The van der Waals surface area contributed by atoms with Gasteiger partial charge in [0.2, 0.25) is 0 Å². The minimum absolute atomic E-state index is 0.0839. The number of aromatic nitrogens is 2. The molecule has 0 radical (unpaired) electrons. The van der Waals surface area contributed by atoms with Gasteiger partial charge < -0.3 is 14.8 Å². The maximum atomic E-state index is 14.2. The second-order valence-electron chi connectivity index (χ2n) is 7.20. The zero-order valence-corrected chi connectivity index (χ0v) is 17.0. The highest BCUT2D eigenvalue weighted by atomic mass is 19.4. The predicted molar refractivity (Wildman–Crippen MR) is 111 cm³/mol. The zero-order valence-electron chi connectivity index (χ0n) is 17.0. The number of pyridine rings is 1. The van der Waals surface area contributed by atoms with Crippen LogP contribution in [-0.4, -0.2) is 9.72 Å². The van der Waals surface area contributed by atoms with Crippen LogP contribution in [0.4, 0.5) is 27.6 Å². The highest BCUT2D eigenvalue weighted by Gasteiger charge is 2.35. The summed E-state index contributed by atoms with van der Waals surface area (Å²) in [7, 11) is 0. The van der Waals surface area contributed by atoms with E-state index >= 15 is 0 Å². The smallest absolute Gasteiger partial charge is 0.396 e. The summed E-state index contributed by atoms with van der Waals surface area (Å²) in [4.78, 5) is 4.31. The maximum absolute atomic E-state index is 14.2. The fraction of sp³-hybridized carbons (Fsp3) is 0.130. The van der Waals surface area contributed by atoms with Crippen LogP contribution in [0.2, 0.25) is 0 Å². The summed E-state index contributed by atoms with van der Waals surface area (Å²) in [5, 5.41) is 4.07. The van der Waals surface area contributed by atoms with Crippen LogP contribution >= 0.6 is 0 Å². The van der Waals surface area contributed by atoms with E-state index in [1.54, 1.807) is 41.2 Å². The summed E-state index contributed by atoms with van der Waals surface area (Å²) >= 11 is 0. The van der Waals surface area contributed by atoms with Crippen LogP contribution in [0.3, 0.4) is 0 Å². The molecule has 10 heteroatoms. The average Bonchev–Trinajstić information content (AvgIpc) is 3.21. The van der Waals surface area contributed by atoms with Gasteiger partial charge in [0.05, 0.1) is 35.3 Å². The summed E-state index contributed by atoms with van der Waals surface area (Å²) in [6.07, 6.45) is -1.57. The van der Waals surface area contributed by atoms with E-state index in [0.717, 1.165) is 18.2 Å². The van der Waals surface area contributed by atoms with Gasteiger partial charge in [-0.15, -0.1) is 0 Å². The number of nitrogen functional groups attached to an aromatic ring is 1. The molecule has 170 valence electrons. The Labute approximate surface area is 184 Å². The molecule has 0 saturated heterocycles. The highest BCUT2D eigenvalue weighted by Crippen LogP contribution is 2.38. The van der Waals surface area contributed by atoms with Crippen LogP contribution in [0.25, 0.3) is 11.3 Å². The van der Waals surface area contributed by atoms with Gasteiger partial charge in [-0.05, 0) is 24.3 Å². The van der Waals surface area contributed by atoms with Crippen molar-refractivity contribution in [2.45, 2.75) is 19.3 Å². The van der Waals surface area contributed by atoms with Gasteiger partial charge in [0.15, 0.2) is 5.76 Å². The summed E-state index contributed by atoms with van der Waals surface area (Å²) < 4.78 is 74.5. The van der Waals surface area contributed by atoms with Crippen molar-refractivity contribution in [2.75, 3.05) is 5.73 Å². The van der Waals surface area contributed by atoms with Gasteiger partial charge in [0, 0.05) is 24.0 Å². The maximum Gasteiger partial charge on any atom is 0.417 e. The third kappa shape index (κ3) is 4.94. The molecule has 5 nitrogen and oxygen atoms in total. The quantitative estimate of drug-likeness (QED) is 0.418. The Balaban J connectivity index is 1.56. The van der Waals surface area contributed by atoms with Crippen molar-refractivity contribution < 1.29 is 26.5 Å². The van der Waals surface area contributed by atoms with E-state index in [1.807, 2.05) is 0 Å². The number of hydrogen-bond donors (Lipinski definition) is 1. The van der Waals surface area contributed by atoms with Crippen LogP contribution in [-0.2, 0) is 19.3 Å². The van der Waals surface area contributed by atoms with E-state index in [-0.39, 0.29) is 30.4 Å². The number of alkyl halides is 3. The Morgan fingerprint density at radius 1 is 1.00 bits per heavy atom. The van der Waals surface area contributed by atoms with E-state index in [1.165, 1.54) is 12.1 Å². The number of halogens is 5. The van der Waals surface area contributed by atoms with Crippen molar-refractivity contribution in [3.63, 3.8) is 0 Å². The molecular formula is C23H17F5N4O. The number of nitrogens with two attached hydrogens (primary N) is 1. The van der Waals surface area contributed by atoms with Crippen molar-refractivity contribution >= 4 is 5.69 Å². The fourth-order valence-electron chi connectivity index (χ4n) is 3.30. The molecule has 0 fully saturated rings. The molecule has 2 heterocycles. The van der Waals surface area contributed by atoms with Gasteiger partial charge in [-0.3, -0.25) is 4.99 Å². The summed E-state index contributed by atoms with van der Waals surface area (Å²) in [5.41, 5.74) is 4.69. The number of hydrogen-bond acceptors (Lipinski definition) is 4. The molecular weight excluding hydrogens is 443 g/mol. The Bertz CT molecular complexity index is 1360. The van der Waals surface area contributed by atoms with Gasteiger partial charge in [-0.2, -0.15) is 13.2 Å². The first kappa shape index (κ1) is 22.3. The number of nitrogens with zero attached hydrogens (tertiary/aromatic N) is 3. The van der Waals surface area contributed by atoms with Gasteiger partial charge in [0.1, 0.15) is 17.3 Å². The Hall–Kier alpha value is -3.95. The second-order valence-corrected chi connectivity index (χ2v) is 7.20. The molecule has 4 aromatic rings. The second kappa shape index (κ2) is 8.89.